The number of hydrogen-bond donors (Lipinski definition) is 0. The molecule has 0 N–H and O–H groups in total. The second kappa shape index (κ2) is 7.44. The van der Waals surface area contributed by atoms with Crippen molar-refractivity contribution >= 4 is 5.91 Å². The molecule has 0 bridgehead atoms. The Morgan fingerprint density at radius 1 is 1.15 bits per heavy atom. The highest BCUT2D eigenvalue weighted by molar-refractivity contribution is 5.79. The predicted octanol–water partition coefficient (Wildman–Crippen LogP) is 3.62. The van der Waals surface area contributed by atoms with Gasteiger partial charge < -0.3 is 9.64 Å². The van der Waals surface area contributed by atoms with Gasteiger partial charge in [0.05, 0.1) is 12.8 Å². The third-order valence-electron chi connectivity index (χ3n) is 5.55. The smallest absolute Gasteiger partial charge is 0.225 e. The molecule has 2 aliphatic rings. The number of hydrogen-bond acceptors (Lipinski definition) is 4. The van der Waals surface area contributed by atoms with Gasteiger partial charge in [-0.3, -0.25) is 4.79 Å². The number of amides is 1. The molecule has 1 fully saturated rings. The quantitative estimate of drug-likeness (QED) is 0.847. The van der Waals surface area contributed by atoms with Crippen LogP contribution in [0.15, 0.2) is 30.5 Å². The standard InChI is InChI=1S/C21H25N3O2/c1-26-18-9-7-15(8-10-18)20-22-13-17-14-24(12-11-19(17)23-20)21(25)16-5-3-2-4-6-16/h7-10,13,16H,2-6,11-12,14H2,1H3. The van der Waals surface area contributed by atoms with Gasteiger partial charge in [0.2, 0.25) is 5.91 Å². The molecule has 136 valence electrons. The molecule has 4 rings (SSSR count). The highest BCUT2D eigenvalue weighted by Gasteiger charge is 2.29. The number of aromatic nitrogens is 2. The molecule has 0 spiro atoms. The lowest BCUT2D eigenvalue weighted by Gasteiger charge is -2.32. The zero-order chi connectivity index (χ0) is 17.9. The van der Waals surface area contributed by atoms with E-state index < -0.39 is 0 Å². The van der Waals surface area contributed by atoms with Crippen LogP contribution in [0.25, 0.3) is 11.4 Å². The first-order chi connectivity index (χ1) is 12.7. The van der Waals surface area contributed by atoms with Gasteiger partial charge in [0, 0.05) is 42.8 Å². The molecule has 2 aromatic rings. The Morgan fingerprint density at radius 2 is 1.92 bits per heavy atom. The molecule has 0 saturated heterocycles. The van der Waals surface area contributed by atoms with E-state index in [1.165, 1.54) is 19.3 Å². The molecule has 1 saturated carbocycles. The summed E-state index contributed by atoms with van der Waals surface area (Å²) < 4.78 is 5.20. The van der Waals surface area contributed by atoms with Crippen LogP contribution in [0.1, 0.15) is 43.4 Å². The van der Waals surface area contributed by atoms with Crippen molar-refractivity contribution < 1.29 is 9.53 Å². The molecule has 2 heterocycles. The number of methoxy groups -OCH3 is 1. The van der Waals surface area contributed by atoms with Crippen LogP contribution < -0.4 is 4.74 Å². The fraction of sp³-hybridized carbons (Fsp3) is 0.476. The third kappa shape index (κ3) is 3.43. The number of nitrogens with zero attached hydrogens (tertiary/aromatic N) is 3. The summed E-state index contributed by atoms with van der Waals surface area (Å²) in [5.74, 6) is 2.11. The van der Waals surface area contributed by atoms with Gasteiger partial charge in [-0.25, -0.2) is 9.97 Å². The molecule has 1 aromatic heterocycles. The van der Waals surface area contributed by atoms with Crippen molar-refractivity contribution in [2.45, 2.75) is 45.1 Å². The molecule has 0 unspecified atom stereocenters. The van der Waals surface area contributed by atoms with Crippen molar-refractivity contribution in [3.63, 3.8) is 0 Å². The van der Waals surface area contributed by atoms with Crippen molar-refractivity contribution in [1.29, 1.82) is 0 Å². The number of rotatable bonds is 3. The summed E-state index contributed by atoms with van der Waals surface area (Å²) in [5.41, 5.74) is 3.13. The van der Waals surface area contributed by atoms with Crippen LogP contribution in [-0.2, 0) is 17.8 Å². The third-order valence-corrected chi connectivity index (χ3v) is 5.55. The first-order valence-electron chi connectivity index (χ1n) is 9.52. The second-order valence-corrected chi connectivity index (χ2v) is 7.24. The SMILES string of the molecule is COc1ccc(-c2ncc3c(n2)CCN(C(=O)C2CCCCC2)C3)cc1. The topological polar surface area (TPSA) is 55.3 Å². The van der Waals surface area contributed by atoms with Gasteiger partial charge in [-0.05, 0) is 37.1 Å². The van der Waals surface area contributed by atoms with E-state index in [-0.39, 0.29) is 5.92 Å². The number of benzene rings is 1. The summed E-state index contributed by atoms with van der Waals surface area (Å²) in [6.45, 7) is 1.41. The average molecular weight is 351 g/mol. The predicted molar refractivity (Wildman–Crippen MR) is 99.7 cm³/mol. The maximum Gasteiger partial charge on any atom is 0.225 e. The Morgan fingerprint density at radius 3 is 2.65 bits per heavy atom. The highest BCUT2D eigenvalue weighted by Crippen LogP contribution is 2.28. The number of fused-ring (bicyclic) bond motifs is 1. The summed E-state index contributed by atoms with van der Waals surface area (Å²) in [6.07, 6.45) is 8.45. The summed E-state index contributed by atoms with van der Waals surface area (Å²) in [7, 11) is 1.66. The molecule has 1 aliphatic carbocycles. The Labute approximate surface area is 154 Å². The number of carbonyl (C=O) groups excluding carboxylic acids is 1. The maximum atomic E-state index is 12.8. The number of ether oxygens (including phenoxy) is 1. The number of carbonyl (C=O) groups is 1. The van der Waals surface area contributed by atoms with Crippen molar-refractivity contribution in [3.8, 4) is 17.1 Å². The Hall–Kier alpha value is -2.43. The minimum atomic E-state index is 0.227. The lowest BCUT2D eigenvalue weighted by atomic mass is 9.88. The van der Waals surface area contributed by atoms with Gasteiger partial charge in [-0.2, -0.15) is 0 Å². The van der Waals surface area contributed by atoms with Crippen molar-refractivity contribution in [3.05, 3.63) is 41.7 Å². The van der Waals surface area contributed by atoms with Gasteiger partial charge in [-0.1, -0.05) is 19.3 Å². The molecule has 26 heavy (non-hydrogen) atoms. The Bertz CT molecular complexity index is 782. The van der Waals surface area contributed by atoms with E-state index in [1.54, 1.807) is 7.11 Å². The minimum absolute atomic E-state index is 0.227. The first kappa shape index (κ1) is 17.0. The summed E-state index contributed by atoms with van der Waals surface area (Å²) >= 11 is 0. The Balaban J connectivity index is 1.49. The van der Waals surface area contributed by atoms with E-state index >= 15 is 0 Å². The summed E-state index contributed by atoms with van der Waals surface area (Å²) in [4.78, 5) is 24.1. The lowest BCUT2D eigenvalue weighted by molar-refractivity contribution is -0.137. The molecule has 1 aliphatic heterocycles. The van der Waals surface area contributed by atoms with E-state index in [0.717, 1.165) is 54.2 Å². The van der Waals surface area contributed by atoms with Gasteiger partial charge in [-0.15, -0.1) is 0 Å². The van der Waals surface area contributed by atoms with Crippen LogP contribution in [-0.4, -0.2) is 34.4 Å². The van der Waals surface area contributed by atoms with Gasteiger partial charge in [0.1, 0.15) is 5.75 Å². The van der Waals surface area contributed by atoms with Crippen LogP contribution in [0.5, 0.6) is 5.75 Å². The normalized spacial score (nSPS) is 17.7. The Kier molecular flexibility index (Phi) is 4.87. The van der Waals surface area contributed by atoms with Gasteiger partial charge in [0.15, 0.2) is 5.82 Å². The maximum absolute atomic E-state index is 12.8. The molecule has 5 nitrogen and oxygen atoms in total. The highest BCUT2D eigenvalue weighted by atomic mass is 16.5. The fourth-order valence-electron chi connectivity index (χ4n) is 3.99. The van der Waals surface area contributed by atoms with Crippen LogP contribution >= 0.6 is 0 Å². The molecule has 5 heteroatoms. The van der Waals surface area contributed by atoms with Crippen molar-refractivity contribution in [2.24, 2.45) is 5.92 Å². The van der Waals surface area contributed by atoms with Crippen LogP contribution in [0.4, 0.5) is 0 Å². The first-order valence-corrected chi connectivity index (χ1v) is 9.52. The van der Waals surface area contributed by atoms with E-state index in [2.05, 4.69) is 4.98 Å². The van der Waals surface area contributed by atoms with E-state index in [4.69, 9.17) is 9.72 Å². The van der Waals surface area contributed by atoms with Crippen LogP contribution in [0, 0.1) is 5.92 Å². The molecular weight excluding hydrogens is 326 g/mol. The second-order valence-electron chi connectivity index (χ2n) is 7.24. The summed E-state index contributed by atoms with van der Waals surface area (Å²) in [5, 5.41) is 0. The van der Waals surface area contributed by atoms with Crippen molar-refractivity contribution in [2.75, 3.05) is 13.7 Å². The lowest BCUT2D eigenvalue weighted by Crippen LogP contribution is -2.40. The summed E-state index contributed by atoms with van der Waals surface area (Å²) in [6, 6.07) is 7.79. The molecule has 1 amide bonds. The van der Waals surface area contributed by atoms with Gasteiger partial charge >= 0.3 is 0 Å². The van der Waals surface area contributed by atoms with Crippen molar-refractivity contribution in [1.82, 2.24) is 14.9 Å². The zero-order valence-corrected chi connectivity index (χ0v) is 15.3. The van der Waals surface area contributed by atoms with Gasteiger partial charge in [0.25, 0.3) is 0 Å². The van der Waals surface area contributed by atoms with Crippen LogP contribution in [0.2, 0.25) is 0 Å². The fourth-order valence-corrected chi connectivity index (χ4v) is 3.99. The van der Waals surface area contributed by atoms with Crippen LogP contribution in [0.3, 0.4) is 0 Å². The average Bonchev–Trinajstić information content (AvgIpc) is 2.73. The molecule has 1 aromatic carbocycles. The molecular formula is C21H25N3O2. The molecule has 0 atom stereocenters. The molecule has 0 radical (unpaired) electrons. The van der Waals surface area contributed by atoms with E-state index in [1.807, 2.05) is 35.4 Å². The monoisotopic (exact) mass is 351 g/mol. The minimum Gasteiger partial charge on any atom is -0.497 e. The van der Waals surface area contributed by atoms with E-state index in [9.17, 15) is 4.79 Å². The zero-order valence-electron chi connectivity index (χ0n) is 15.3. The van der Waals surface area contributed by atoms with E-state index in [0.29, 0.717) is 12.5 Å². The largest absolute Gasteiger partial charge is 0.497 e.